The summed E-state index contributed by atoms with van der Waals surface area (Å²) in [6.07, 6.45) is 5.39. The third kappa shape index (κ3) is 7.37. The van der Waals surface area contributed by atoms with Crippen LogP contribution in [-0.2, 0) is 9.59 Å². The number of fused-ring (bicyclic) bond motifs is 2. The van der Waals surface area contributed by atoms with Crippen molar-refractivity contribution < 1.29 is 25.3 Å². The normalized spacial score (nSPS) is 10.3. The third-order valence-electron chi connectivity index (χ3n) is 5.49. The minimum absolute atomic E-state index is 0. The zero-order chi connectivity index (χ0) is 26.2. The second-order valence-corrected chi connectivity index (χ2v) is 8.68. The Morgan fingerprint density at radius 3 is 1.46 bits per heavy atom. The molecule has 0 saturated heterocycles. The SMILES string of the molecule is CCCC(=O)Nc1cnc2ccc(C)cc2c1O.CCCC(=O)Nc1cnc2ccc(C)cc2c1O.O. The van der Waals surface area contributed by atoms with E-state index >= 15 is 0 Å². The monoisotopic (exact) mass is 506 g/mol. The second-order valence-electron chi connectivity index (χ2n) is 8.68. The van der Waals surface area contributed by atoms with Gasteiger partial charge in [-0.2, -0.15) is 0 Å². The molecule has 0 bridgehead atoms. The highest BCUT2D eigenvalue weighted by Crippen LogP contribution is 2.32. The van der Waals surface area contributed by atoms with Gasteiger partial charge >= 0.3 is 0 Å². The molecule has 0 radical (unpaired) electrons. The fourth-order valence-electron chi connectivity index (χ4n) is 3.65. The highest BCUT2D eigenvalue weighted by Gasteiger charge is 2.11. The Hall–Kier alpha value is -4.24. The van der Waals surface area contributed by atoms with Crippen molar-refractivity contribution in [2.45, 2.75) is 53.4 Å². The molecule has 4 rings (SSSR count). The van der Waals surface area contributed by atoms with Gasteiger partial charge in [-0.1, -0.05) is 37.1 Å². The molecule has 2 heterocycles. The number of carbonyl (C=O) groups excluding carboxylic acids is 2. The Labute approximate surface area is 215 Å². The van der Waals surface area contributed by atoms with Gasteiger partial charge in [-0.15, -0.1) is 0 Å². The van der Waals surface area contributed by atoms with E-state index in [1.165, 1.54) is 12.4 Å². The zero-order valence-corrected chi connectivity index (χ0v) is 21.6. The number of pyridine rings is 2. The molecule has 0 fully saturated rings. The molecule has 0 aliphatic rings. The van der Waals surface area contributed by atoms with Gasteiger partial charge in [-0.05, 0) is 51.0 Å². The molecule has 0 aliphatic heterocycles. The molecule has 196 valence electrons. The maximum absolute atomic E-state index is 11.5. The van der Waals surface area contributed by atoms with Crippen molar-refractivity contribution in [2.75, 3.05) is 10.6 Å². The van der Waals surface area contributed by atoms with Crippen molar-refractivity contribution in [3.8, 4) is 11.5 Å². The summed E-state index contributed by atoms with van der Waals surface area (Å²) in [6, 6.07) is 11.3. The maximum atomic E-state index is 11.5. The lowest BCUT2D eigenvalue weighted by molar-refractivity contribution is -0.117. The molecule has 9 nitrogen and oxygen atoms in total. The first-order chi connectivity index (χ1) is 17.2. The first kappa shape index (κ1) is 29.0. The van der Waals surface area contributed by atoms with E-state index in [-0.39, 0.29) is 28.8 Å². The van der Waals surface area contributed by atoms with Crippen LogP contribution < -0.4 is 10.6 Å². The predicted molar refractivity (Wildman–Crippen MR) is 147 cm³/mol. The summed E-state index contributed by atoms with van der Waals surface area (Å²) >= 11 is 0. The van der Waals surface area contributed by atoms with Crippen LogP contribution in [0.2, 0.25) is 0 Å². The number of rotatable bonds is 6. The van der Waals surface area contributed by atoms with Gasteiger partial charge in [0.25, 0.3) is 0 Å². The van der Waals surface area contributed by atoms with Gasteiger partial charge < -0.3 is 26.3 Å². The molecular formula is C28H34N4O5. The summed E-state index contributed by atoms with van der Waals surface area (Å²) in [6.45, 7) is 7.76. The van der Waals surface area contributed by atoms with Crippen LogP contribution in [0.5, 0.6) is 11.5 Å². The Balaban J connectivity index is 0.000000253. The number of nitrogens with one attached hydrogen (secondary N) is 2. The fraction of sp³-hybridized carbons (Fsp3) is 0.286. The average Bonchev–Trinajstić information content (AvgIpc) is 2.84. The largest absolute Gasteiger partial charge is 0.505 e. The molecule has 0 saturated carbocycles. The summed E-state index contributed by atoms with van der Waals surface area (Å²) in [5.41, 5.74) is 4.24. The number of anilines is 2. The summed E-state index contributed by atoms with van der Waals surface area (Å²) in [5.74, 6) is -0.0653. The average molecular weight is 507 g/mol. The molecule has 0 spiro atoms. The molecule has 37 heavy (non-hydrogen) atoms. The van der Waals surface area contributed by atoms with Gasteiger partial charge in [0.15, 0.2) is 0 Å². The zero-order valence-electron chi connectivity index (χ0n) is 21.6. The maximum Gasteiger partial charge on any atom is 0.224 e. The molecule has 2 aromatic heterocycles. The van der Waals surface area contributed by atoms with Crippen molar-refractivity contribution in [3.05, 3.63) is 59.9 Å². The topological polar surface area (TPSA) is 156 Å². The molecule has 2 amide bonds. The highest BCUT2D eigenvalue weighted by atomic mass is 16.3. The van der Waals surface area contributed by atoms with E-state index in [0.29, 0.717) is 46.0 Å². The standard InChI is InChI=1S/2C14H16N2O2.H2O/c2*1-3-4-13(17)16-12-8-15-11-6-5-9(2)7-10(11)14(12)18;/h2*5-8H,3-4H2,1-2H3,(H,15,18)(H,16,17);1H2. The number of hydrogen-bond acceptors (Lipinski definition) is 6. The molecule has 0 aliphatic carbocycles. The number of amides is 2. The van der Waals surface area contributed by atoms with Crippen LogP contribution in [0.1, 0.15) is 50.7 Å². The number of aromatic hydroxyl groups is 2. The molecule has 2 aromatic carbocycles. The Bertz CT molecular complexity index is 1300. The van der Waals surface area contributed by atoms with Gasteiger partial charge in [0.05, 0.1) is 23.4 Å². The lowest BCUT2D eigenvalue weighted by Gasteiger charge is -2.09. The van der Waals surface area contributed by atoms with Crippen LogP contribution in [-0.4, -0.2) is 37.5 Å². The number of aryl methyl sites for hydroxylation is 2. The highest BCUT2D eigenvalue weighted by molar-refractivity contribution is 5.98. The smallest absolute Gasteiger partial charge is 0.224 e. The van der Waals surface area contributed by atoms with E-state index in [4.69, 9.17) is 0 Å². The van der Waals surface area contributed by atoms with Gasteiger partial charge in [0.2, 0.25) is 11.8 Å². The van der Waals surface area contributed by atoms with Gasteiger partial charge in [-0.3, -0.25) is 19.6 Å². The van der Waals surface area contributed by atoms with Crippen LogP contribution in [0, 0.1) is 13.8 Å². The Morgan fingerprint density at radius 1 is 0.730 bits per heavy atom. The van der Waals surface area contributed by atoms with E-state index in [1.54, 1.807) is 0 Å². The summed E-state index contributed by atoms with van der Waals surface area (Å²) < 4.78 is 0. The Morgan fingerprint density at radius 2 is 1.11 bits per heavy atom. The van der Waals surface area contributed by atoms with E-state index in [1.807, 2.05) is 64.1 Å². The van der Waals surface area contributed by atoms with E-state index in [0.717, 1.165) is 24.0 Å². The molecule has 6 N–H and O–H groups in total. The minimum Gasteiger partial charge on any atom is -0.505 e. The lowest BCUT2D eigenvalue weighted by atomic mass is 10.1. The molecule has 0 atom stereocenters. The number of carbonyl (C=O) groups is 2. The fourth-order valence-corrected chi connectivity index (χ4v) is 3.65. The summed E-state index contributed by atoms with van der Waals surface area (Å²) in [7, 11) is 0. The number of nitrogens with zero attached hydrogens (tertiary/aromatic N) is 2. The minimum atomic E-state index is -0.110. The van der Waals surface area contributed by atoms with Crippen molar-refractivity contribution in [3.63, 3.8) is 0 Å². The summed E-state index contributed by atoms with van der Waals surface area (Å²) in [5, 5.41) is 26.9. The van der Waals surface area contributed by atoms with E-state index in [2.05, 4.69) is 20.6 Å². The molecule has 9 heteroatoms. The second kappa shape index (κ2) is 13.2. The third-order valence-corrected chi connectivity index (χ3v) is 5.49. The van der Waals surface area contributed by atoms with Gasteiger partial charge in [0.1, 0.15) is 22.9 Å². The van der Waals surface area contributed by atoms with Gasteiger partial charge in [0, 0.05) is 23.6 Å². The van der Waals surface area contributed by atoms with Crippen LogP contribution in [0.3, 0.4) is 0 Å². The van der Waals surface area contributed by atoms with Crippen molar-refractivity contribution in [1.82, 2.24) is 9.97 Å². The first-order valence-electron chi connectivity index (χ1n) is 12.0. The Kier molecular flexibility index (Phi) is 10.3. The lowest BCUT2D eigenvalue weighted by Crippen LogP contribution is -2.11. The van der Waals surface area contributed by atoms with E-state index < -0.39 is 0 Å². The van der Waals surface area contributed by atoms with Crippen LogP contribution >= 0.6 is 0 Å². The molecule has 0 unspecified atom stereocenters. The number of aromatic nitrogens is 2. The van der Waals surface area contributed by atoms with Crippen molar-refractivity contribution in [2.24, 2.45) is 0 Å². The first-order valence-corrected chi connectivity index (χ1v) is 12.0. The van der Waals surface area contributed by atoms with Crippen molar-refractivity contribution >= 4 is 45.0 Å². The quantitative estimate of drug-likeness (QED) is 0.283. The van der Waals surface area contributed by atoms with Crippen molar-refractivity contribution in [1.29, 1.82) is 0 Å². The number of hydrogen-bond donors (Lipinski definition) is 4. The van der Waals surface area contributed by atoms with Crippen LogP contribution in [0.4, 0.5) is 11.4 Å². The summed E-state index contributed by atoms with van der Waals surface area (Å²) in [4.78, 5) is 31.5. The molecule has 4 aromatic rings. The van der Waals surface area contributed by atoms with Crippen LogP contribution in [0.25, 0.3) is 21.8 Å². The number of benzene rings is 2. The van der Waals surface area contributed by atoms with Crippen LogP contribution in [0.15, 0.2) is 48.8 Å². The predicted octanol–water partition coefficient (Wildman–Crippen LogP) is 5.15. The van der Waals surface area contributed by atoms with Gasteiger partial charge in [-0.25, -0.2) is 0 Å². The van der Waals surface area contributed by atoms with E-state index in [9.17, 15) is 19.8 Å². The molecular weight excluding hydrogens is 472 g/mol.